The van der Waals surface area contributed by atoms with Crippen molar-refractivity contribution in [1.29, 1.82) is 5.26 Å². The maximum atomic E-state index is 9.43. The van der Waals surface area contributed by atoms with Crippen LogP contribution in [0.4, 0.5) is 5.69 Å². The van der Waals surface area contributed by atoms with Crippen LogP contribution >= 0.6 is 0 Å². The monoisotopic (exact) mass is 286 g/mol. The summed E-state index contributed by atoms with van der Waals surface area (Å²) in [7, 11) is 4.05. The van der Waals surface area contributed by atoms with Crippen molar-refractivity contribution in [2.45, 2.75) is 32.4 Å². The Kier molecular flexibility index (Phi) is 5.60. The molecule has 1 N–H and O–H groups in total. The molecule has 4 nitrogen and oxygen atoms in total. The summed E-state index contributed by atoms with van der Waals surface area (Å²) in [4.78, 5) is 4.79. The lowest BCUT2D eigenvalue weighted by atomic mass is 10.0. The van der Waals surface area contributed by atoms with Crippen molar-refractivity contribution < 1.29 is 0 Å². The van der Waals surface area contributed by atoms with Crippen LogP contribution in [-0.4, -0.2) is 44.7 Å². The summed E-state index contributed by atoms with van der Waals surface area (Å²) in [6.45, 7) is 6.47. The molecule has 0 saturated carbocycles. The summed E-state index contributed by atoms with van der Waals surface area (Å²) in [6.07, 6.45) is 2.35. The number of piperidine rings is 1. The van der Waals surface area contributed by atoms with E-state index in [9.17, 15) is 5.26 Å². The Balaban J connectivity index is 2.12. The van der Waals surface area contributed by atoms with Gasteiger partial charge in [0.2, 0.25) is 0 Å². The molecule has 21 heavy (non-hydrogen) atoms. The highest BCUT2D eigenvalue weighted by molar-refractivity contribution is 5.60. The lowest BCUT2D eigenvalue weighted by Crippen LogP contribution is -2.43. The van der Waals surface area contributed by atoms with Gasteiger partial charge in [0.05, 0.1) is 11.3 Å². The number of nitrogens with zero attached hydrogens (tertiary/aromatic N) is 3. The van der Waals surface area contributed by atoms with Gasteiger partial charge in [-0.15, -0.1) is 0 Å². The minimum atomic E-state index is 0.537. The number of hydrogen-bond donors (Lipinski definition) is 1. The Morgan fingerprint density at radius 3 is 2.67 bits per heavy atom. The van der Waals surface area contributed by atoms with Gasteiger partial charge in [0.25, 0.3) is 0 Å². The Labute approximate surface area is 128 Å². The van der Waals surface area contributed by atoms with Crippen LogP contribution in [0.2, 0.25) is 0 Å². The Morgan fingerprint density at radius 2 is 2.10 bits per heavy atom. The lowest BCUT2D eigenvalue weighted by Gasteiger charge is -2.37. The van der Waals surface area contributed by atoms with E-state index in [-0.39, 0.29) is 0 Å². The molecule has 0 aromatic heterocycles. The molecule has 0 radical (unpaired) electrons. The van der Waals surface area contributed by atoms with E-state index >= 15 is 0 Å². The number of benzene rings is 1. The highest BCUT2D eigenvalue weighted by atomic mass is 15.2. The van der Waals surface area contributed by atoms with Crippen LogP contribution in [-0.2, 0) is 6.54 Å². The van der Waals surface area contributed by atoms with Crippen LogP contribution in [0.5, 0.6) is 0 Å². The van der Waals surface area contributed by atoms with E-state index in [0.29, 0.717) is 6.04 Å². The number of rotatable bonds is 5. The fourth-order valence-corrected chi connectivity index (χ4v) is 3.11. The predicted octanol–water partition coefficient (Wildman–Crippen LogP) is 2.20. The van der Waals surface area contributed by atoms with Gasteiger partial charge in [-0.3, -0.25) is 0 Å². The minimum absolute atomic E-state index is 0.537. The van der Waals surface area contributed by atoms with Gasteiger partial charge in [-0.1, -0.05) is 13.0 Å². The van der Waals surface area contributed by atoms with E-state index in [2.05, 4.69) is 47.3 Å². The third-order valence-corrected chi connectivity index (χ3v) is 4.49. The smallest absolute Gasteiger partial charge is 0.101 e. The van der Waals surface area contributed by atoms with Crippen molar-refractivity contribution in [3.05, 3.63) is 29.3 Å². The standard InChI is InChI=1S/C17H26N4/c1-4-21-9-7-16(8-10-21)20(3)17-6-5-14(13-19-2)11-15(17)12-18/h5-6,11,16,19H,4,7-10,13H2,1-3H3. The molecule has 2 rings (SSSR count). The fourth-order valence-electron chi connectivity index (χ4n) is 3.11. The molecule has 1 aromatic rings. The van der Waals surface area contributed by atoms with Gasteiger partial charge in [-0.05, 0) is 44.1 Å². The van der Waals surface area contributed by atoms with Crippen molar-refractivity contribution in [3.8, 4) is 6.07 Å². The number of hydrogen-bond acceptors (Lipinski definition) is 4. The first-order valence-corrected chi connectivity index (χ1v) is 7.82. The third kappa shape index (κ3) is 3.75. The summed E-state index contributed by atoms with van der Waals surface area (Å²) in [6, 6.07) is 9.11. The van der Waals surface area contributed by atoms with Crippen molar-refractivity contribution in [1.82, 2.24) is 10.2 Å². The minimum Gasteiger partial charge on any atom is -0.370 e. The van der Waals surface area contributed by atoms with Crippen LogP contribution in [0.3, 0.4) is 0 Å². The molecule has 114 valence electrons. The van der Waals surface area contributed by atoms with Gasteiger partial charge in [0, 0.05) is 32.7 Å². The first kappa shape index (κ1) is 15.8. The lowest BCUT2D eigenvalue weighted by molar-refractivity contribution is 0.221. The SMILES string of the molecule is CCN1CCC(N(C)c2ccc(CNC)cc2C#N)CC1. The molecule has 1 saturated heterocycles. The zero-order valence-electron chi connectivity index (χ0n) is 13.4. The summed E-state index contributed by atoms with van der Waals surface area (Å²) in [5, 5.41) is 12.6. The first-order valence-electron chi connectivity index (χ1n) is 7.82. The maximum absolute atomic E-state index is 9.43. The van der Waals surface area contributed by atoms with E-state index in [0.717, 1.165) is 43.0 Å². The van der Waals surface area contributed by atoms with Crippen LogP contribution in [0, 0.1) is 11.3 Å². The zero-order chi connectivity index (χ0) is 15.2. The Hall–Kier alpha value is -1.57. The summed E-state index contributed by atoms with van der Waals surface area (Å²) < 4.78 is 0. The van der Waals surface area contributed by atoms with E-state index in [4.69, 9.17) is 0 Å². The molecular weight excluding hydrogens is 260 g/mol. The Bertz CT molecular complexity index is 498. The topological polar surface area (TPSA) is 42.3 Å². The molecule has 0 aliphatic carbocycles. The predicted molar refractivity (Wildman–Crippen MR) is 87.5 cm³/mol. The highest BCUT2D eigenvalue weighted by Crippen LogP contribution is 2.26. The second-order valence-corrected chi connectivity index (χ2v) is 5.77. The number of likely N-dealkylation sites (tertiary alicyclic amines) is 1. The molecule has 0 unspecified atom stereocenters. The second kappa shape index (κ2) is 7.44. The molecule has 1 heterocycles. The average molecular weight is 286 g/mol. The van der Waals surface area contributed by atoms with Crippen molar-refractivity contribution >= 4 is 5.69 Å². The molecule has 0 spiro atoms. The van der Waals surface area contributed by atoms with Gasteiger partial charge in [-0.2, -0.15) is 5.26 Å². The van der Waals surface area contributed by atoms with Crippen LogP contribution < -0.4 is 10.2 Å². The number of nitrogens with one attached hydrogen (secondary N) is 1. The average Bonchev–Trinajstić information content (AvgIpc) is 2.54. The third-order valence-electron chi connectivity index (χ3n) is 4.49. The molecule has 0 atom stereocenters. The molecule has 1 aromatic carbocycles. The fraction of sp³-hybridized carbons (Fsp3) is 0.588. The molecule has 4 heteroatoms. The van der Waals surface area contributed by atoms with E-state index in [1.165, 1.54) is 12.8 Å². The summed E-state index contributed by atoms with van der Waals surface area (Å²) in [5.74, 6) is 0. The van der Waals surface area contributed by atoms with E-state index in [1.807, 2.05) is 13.1 Å². The zero-order valence-corrected chi connectivity index (χ0v) is 13.4. The molecular formula is C17H26N4. The molecule has 1 fully saturated rings. The van der Waals surface area contributed by atoms with Gasteiger partial charge >= 0.3 is 0 Å². The van der Waals surface area contributed by atoms with E-state index < -0.39 is 0 Å². The van der Waals surface area contributed by atoms with Gasteiger partial charge in [0.1, 0.15) is 6.07 Å². The van der Waals surface area contributed by atoms with Gasteiger partial charge in [-0.25, -0.2) is 0 Å². The van der Waals surface area contributed by atoms with Crippen LogP contribution in [0.25, 0.3) is 0 Å². The second-order valence-electron chi connectivity index (χ2n) is 5.77. The largest absolute Gasteiger partial charge is 0.370 e. The first-order chi connectivity index (χ1) is 10.2. The van der Waals surface area contributed by atoms with Gasteiger partial charge < -0.3 is 15.1 Å². The maximum Gasteiger partial charge on any atom is 0.101 e. The summed E-state index contributed by atoms with van der Waals surface area (Å²) in [5.41, 5.74) is 3.00. The number of anilines is 1. The quantitative estimate of drug-likeness (QED) is 0.901. The number of nitriles is 1. The van der Waals surface area contributed by atoms with Crippen LogP contribution in [0.15, 0.2) is 18.2 Å². The van der Waals surface area contributed by atoms with Crippen molar-refractivity contribution in [2.75, 3.05) is 38.6 Å². The van der Waals surface area contributed by atoms with Gasteiger partial charge in [0.15, 0.2) is 0 Å². The molecule has 0 bridgehead atoms. The Morgan fingerprint density at radius 1 is 1.38 bits per heavy atom. The van der Waals surface area contributed by atoms with Crippen LogP contribution in [0.1, 0.15) is 30.9 Å². The highest BCUT2D eigenvalue weighted by Gasteiger charge is 2.23. The van der Waals surface area contributed by atoms with Crippen molar-refractivity contribution in [3.63, 3.8) is 0 Å². The molecule has 1 aliphatic rings. The normalized spacial score (nSPS) is 16.7. The molecule has 1 aliphatic heterocycles. The van der Waals surface area contributed by atoms with Crippen molar-refractivity contribution in [2.24, 2.45) is 0 Å². The van der Waals surface area contributed by atoms with E-state index in [1.54, 1.807) is 0 Å². The summed E-state index contributed by atoms with van der Waals surface area (Å²) >= 11 is 0. The molecule has 0 amide bonds.